The fraction of sp³-hybridized carbons (Fsp3) is 0.100. The first kappa shape index (κ1) is 12.4. The molecular weight excluding hydrogens is 256 g/mol. The Kier molecular flexibility index (Phi) is 2.69. The molecule has 1 heteroatoms. The molecular formula is C20H16O. The van der Waals surface area contributed by atoms with Gasteiger partial charge in [0.05, 0.1) is 6.61 Å². The van der Waals surface area contributed by atoms with Crippen molar-refractivity contribution in [2.45, 2.75) is 6.92 Å². The number of rotatable bonds is 2. The lowest BCUT2D eigenvalue weighted by Gasteiger charge is -2.14. The second-order valence-electron chi connectivity index (χ2n) is 5.54. The average Bonchev–Trinajstić information content (AvgIpc) is 2.52. The van der Waals surface area contributed by atoms with Crippen LogP contribution in [0.4, 0.5) is 0 Å². The Hall–Kier alpha value is -2.38. The molecule has 0 fully saturated rings. The summed E-state index contributed by atoms with van der Waals surface area (Å²) in [6.45, 7) is 2.14. The largest absolute Gasteiger partial charge is 0.392 e. The monoisotopic (exact) mass is 272 g/mol. The molecule has 0 aromatic heterocycles. The normalized spacial score (nSPS) is 12.8. The van der Waals surface area contributed by atoms with Crippen LogP contribution in [-0.4, -0.2) is 11.7 Å². The highest BCUT2D eigenvalue weighted by molar-refractivity contribution is 6.24. The SMILES string of the molecule is C/C(=C\CO)c1ccc2ccc3cccc4ccc1c2c34. The first-order valence-electron chi connectivity index (χ1n) is 7.24. The molecule has 0 amide bonds. The summed E-state index contributed by atoms with van der Waals surface area (Å²) in [5, 5.41) is 16.9. The van der Waals surface area contributed by atoms with Gasteiger partial charge in [0.25, 0.3) is 0 Å². The highest BCUT2D eigenvalue weighted by Gasteiger charge is 2.10. The fourth-order valence-electron chi connectivity index (χ4n) is 3.33. The molecule has 0 unspecified atom stereocenters. The summed E-state index contributed by atoms with van der Waals surface area (Å²) in [4.78, 5) is 0. The summed E-state index contributed by atoms with van der Waals surface area (Å²) in [5.74, 6) is 0. The fourth-order valence-corrected chi connectivity index (χ4v) is 3.33. The molecule has 4 aromatic carbocycles. The van der Waals surface area contributed by atoms with E-state index in [4.69, 9.17) is 5.11 Å². The molecule has 0 heterocycles. The van der Waals surface area contributed by atoms with Crippen LogP contribution >= 0.6 is 0 Å². The molecule has 1 N–H and O–H groups in total. The van der Waals surface area contributed by atoms with Crippen molar-refractivity contribution in [1.29, 1.82) is 0 Å². The number of hydrogen-bond donors (Lipinski definition) is 1. The Bertz CT molecular complexity index is 963. The molecule has 0 radical (unpaired) electrons. The first-order valence-corrected chi connectivity index (χ1v) is 7.24. The molecule has 0 saturated heterocycles. The Balaban J connectivity index is 2.23. The van der Waals surface area contributed by atoms with Crippen LogP contribution in [0.25, 0.3) is 37.9 Å². The first-order chi connectivity index (χ1) is 10.3. The Morgan fingerprint density at radius 1 is 0.857 bits per heavy atom. The zero-order valence-corrected chi connectivity index (χ0v) is 11.9. The minimum absolute atomic E-state index is 0.0772. The molecule has 0 aliphatic rings. The Morgan fingerprint density at radius 2 is 1.48 bits per heavy atom. The van der Waals surface area contributed by atoms with E-state index in [1.165, 1.54) is 37.9 Å². The lowest BCUT2D eigenvalue weighted by atomic mass is 9.90. The van der Waals surface area contributed by atoms with Gasteiger partial charge in [-0.25, -0.2) is 0 Å². The van der Waals surface area contributed by atoms with E-state index >= 15 is 0 Å². The van der Waals surface area contributed by atoms with Crippen molar-refractivity contribution in [2.24, 2.45) is 0 Å². The molecule has 4 rings (SSSR count). The van der Waals surface area contributed by atoms with E-state index in [1.807, 2.05) is 6.08 Å². The summed E-state index contributed by atoms with van der Waals surface area (Å²) in [5.41, 5.74) is 2.32. The van der Waals surface area contributed by atoms with Gasteiger partial charge >= 0.3 is 0 Å². The second-order valence-corrected chi connectivity index (χ2v) is 5.54. The van der Waals surface area contributed by atoms with Gasteiger partial charge in [0.2, 0.25) is 0 Å². The summed E-state index contributed by atoms with van der Waals surface area (Å²) >= 11 is 0. The third kappa shape index (κ3) is 1.75. The topological polar surface area (TPSA) is 20.2 Å². The van der Waals surface area contributed by atoms with Crippen LogP contribution in [0.5, 0.6) is 0 Å². The van der Waals surface area contributed by atoms with Crippen LogP contribution in [0.3, 0.4) is 0 Å². The lowest BCUT2D eigenvalue weighted by molar-refractivity contribution is 0.343. The minimum Gasteiger partial charge on any atom is -0.392 e. The van der Waals surface area contributed by atoms with Gasteiger partial charge in [-0.2, -0.15) is 0 Å². The molecule has 4 aromatic rings. The molecule has 0 saturated carbocycles. The van der Waals surface area contributed by atoms with Crippen molar-refractivity contribution in [1.82, 2.24) is 0 Å². The molecule has 0 spiro atoms. The molecule has 1 nitrogen and oxygen atoms in total. The lowest BCUT2D eigenvalue weighted by Crippen LogP contribution is -1.89. The maximum absolute atomic E-state index is 9.16. The smallest absolute Gasteiger partial charge is 0.0618 e. The van der Waals surface area contributed by atoms with E-state index in [9.17, 15) is 0 Å². The van der Waals surface area contributed by atoms with Crippen LogP contribution in [0.2, 0.25) is 0 Å². The second kappa shape index (κ2) is 4.57. The van der Waals surface area contributed by atoms with Crippen molar-refractivity contribution in [3.63, 3.8) is 0 Å². The molecule has 0 aliphatic carbocycles. The minimum atomic E-state index is 0.0772. The predicted octanol–water partition coefficient (Wildman–Crippen LogP) is 4.98. The summed E-state index contributed by atoms with van der Waals surface area (Å²) in [6.07, 6.45) is 1.87. The van der Waals surface area contributed by atoms with Gasteiger partial charge < -0.3 is 5.11 Å². The molecule has 0 atom stereocenters. The maximum atomic E-state index is 9.16. The van der Waals surface area contributed by atoms with Crippen LogP contribution in [0, 0.1) is 0 Å². The maximum Gasteiger partial charge on any atom is 0.0618 e. The zero-order chi connectivity index (χ0) is 14.4. The third-order valence-corrected chi connectivity index (χ3v) is 4.35. The summed E-state index contributed by atoms with van der Waals surface area (Å²) in [7, 11) is 0. The predicted molar refractivity (Wildman–Crippen MR) is 90.9 cm³/mol. The van der Waals surface area contributed by atoms with Crippen molar-refractivity contribution < 1.29 is 5.11 Å². The van der Waals surface area contributed by atoms with Crippen molar-refractivity contribution in [3.8, 4) is 0 Å². The van der Waals surface area contributed by atoms with E-state index < -0.39 is 0 Å². The summed E-state index contributed by atoms with van der Waals surface area (Å²) < 4.78 is 0. The van der Waals surface area contributed by atoms with Gasteiger partial charge in [0.15, 0.2) is 0 Å². The van der Waals surface area contributed by atoms with E-state index in [0.717, 1.165) is 5.57 Å². The van der Waals surface area contributed by atoms with Crippen LogP contribution in [0.1, 0.15) is 12.5 Å². The molecule has 0 bridgehead atoms. The standard InChI is InChI=1S/C20H16O/c1-13(11-12-21)17-9-7-16-6-5-14-3-2-4-15-8-10-18(17)20(16)19(14)15/h2-11,21H,12H2,1H3/b13-11+. The van der Waals surface area contributed by atoms with Gasteiger partial charge in [-0.15, -0.1) is 0 Å². The van der Waals surface area contributed by atoms with Gasteiger partial charge in [-0.1, -0.05) is 60.7 Å². The number of aliphatic hydroxyl groups excluding tert-OH is 1. The molecule has 21 heavy (non-hydrogen) atoms. The van der Waals surface area contributed by atoms with Crippen LogP contribution < -0.4 is 0 Å². The van der Waals surface area contributed by atoms with Gasteiger partial charge in [0, 0.05) is 0 Å². The van der Waals surface area contributed by atoms with Crippen molar-refractivity contribution >= 4 is 37.9 Å². The van der Waals surface area contributed by atoms with E-state index in [-0.39, 0.29) is 6.61 Å². The highest BCUT2D eigenvalue weighted by Crippen LogP contribution is 2.37. The number of benzene rings is 4. The van der Waals surface area contributed by atoms with Gasteiger partial charge in [0.1, 0.15) is 0 Å². The van der Waals surface area contributed by atoms with E-state index in [2.05, 4.69) is 61.5 Å². The molecule has 102 valence electrons. The number of allylic oxidation sites excluding steroid dienone is 1. The van der Waals surface area contributed by atoms with Gasteiger partial charge in [-0.05, 0) is 50.4 Å². The highest BCUT2D eigenvalue weighted by atomic mass is 16.2. The Labute approximate surface area is 123 Å². The summed E-state index contributed by atoms with van der Waals surface area (Å²) in [6, 6.07) is 19.6. The van der Waals surface area contributed by atoms with Gasteiger partial charge in [-0.3, -0.25) is 0 Å². The van der Waals surface area contributed by atoms with E-state index in [0.29, 0.717) is 0 Å². The third-order valence-electron chi connectivity index (χ3n) is 4.35. The van der Waals surface area contributed by atoms with Crippen molar-refractivity contribution in [3.05, 3.63) is 66.2 Å². The average molecular weight is 272 g/mol. The van der Waals surface area contributed by atoms with Crippen molar-refractivity contribution in [2.75, 3.05) is 6.61 Å². The van der Waals surface area contributed by atoms with Crippen LogP contribution in [-0.2, 0) is 0 Å². The Morgan fingerprint density at radius 3 is 2.19 bits per heavy atom. The number of aliphatic hydroxyl groups is 1. The quantitative estimate of drug-likeness (QED) is 0.510. The molecule has 0 aliphatic heterocycles. The van der Waals surface area contributed by atoms with Crippen LogP contribution in [0.15, 0.2) is 60.7 Å². The van der Waals surface area contributed by atoms with E-state index in [1.54, 1.807) is 0 Å². The number of hydrogen-bond acceptors (Lipinski definition) is 1. The zero-order valence-electron chi connectivity index (χ0n) is 11.9.